The van der Waals surface area contributed by atoms with Crippen molar-refractivity contribution in [1.29, 1.82) is 0 Å². The number of hydrogen-bond acceptors (Lipinski definition) is 5. The maximum atomic E-state index is 5.80. The Balaban J connectivity index is 2.33. The number of rotatable bonds is 4. The third-order valence-electron chi connectivity index (χ3n) is 2.84. The summed E-state index contributed by atoms with van der Waals surface area (Å²) < 4.78 is 5.80. The van der Waals surface area contributed by atoms with Gasteiger partial charge in [0.2, 0.25) is 5.88 Å². The summed E-state index contributed by atoms with van der Waals surface area (Å²) in [6, 6.07) is 5.60. The molecule has 0 bridgehead atoms. The van der Waals surface area contributed by atoms with E-state index in [1.165, 1.54) is 0 Å². The van der Waals surface area contributed by atoms with Crippen molar-refractivity contribution in [2.45, 2.75) is 40.0 Å². The molecular weight excluding hydrogens is 264 g/mol. The molecule has 0 unspecified atom stereocenters. The Hall–Kier alpha value is -2.17. The van der Waals surface area contributed by atoms with Crippen molar-refractivity contribution in [3.63, 3.8) is 0 Å². The van der Waals surface area contributed by atoms with Crippen molar-refractivity contribution >= 4 is 5.82 Å². The summed E-state index contributed by atoms with van der Waals surface area (Å²) in [6.45, 7) is 11.0. The highest BCUT2D eigenvalue weighted by Gasteiger charge is 2.19. The second kappa shape index (κ2) is 6.08. The van der Waals surface area contributed by atoms with E-state index in [4.69, 9.17) is 4.74 Å². The molecule has 0 radical (unpaired) electrons. The number of ether oxygens (including phenoxy) is 1. The average Bonchev–Trinajstić information content (AvgIpc) is 2.41. The molecule has 0 aliphatic heterocycles. The molecule has 5 heteroatoms. The minimum atomic E-state index is -0.144. The first-order chi connectivity index (χ1) is 9.88. The van der Waals surface area contributed by atoms with Crippen molar-refractivity contribution in [2.75, 3.05) is 11.9 Å². The number of aryl methyl sites for hydroxylation is 1. The molecule has 0 spiro atoms. The van der Waals surface area contributed by atoms with E-state index in [1.54, 1.807) is 12.3 Å². The molecule has 2 heterocycles. The molecule has 0 aromatic carbocycles. The van der Waals surface area contributed by atoms with Crippen LogP contribution in [0.2, 0.25) is 0 Å². The van der Waals surface area contributed by atoms with Crippen LogP contribution >= 0.6 is 0 Å². The van der Waals surface area contributed by atoms with Gasteiger partial charge in [0.15, 0.2) is 0 Å². The van der Waals surface area contributed by atoms with Crippen LogP contribution in [0.1, 0.15) is 39.2 Å². The summed E-state index contributed by atoms with van der Waals surface area (Å²) in [5, 5.41) is 3.21. The molecule has 2 rings (SSSR count). The maximum Gasteiger partial charge on any atom is 0.224 e. The Morgan fingerprint density at radius 2 is 1.95 bits per heavy atom. The molecule has 0 saturated carbocycles. The molecule has 0 fully saturated rings. The summed E-state index contributed by atoms with van der Waals surface area (Å²) in [5.41, 5.74) is 0.809. The zero-order chi connectivity index (χ0) is 15.5. The predicted octanol–water partition coefficient (Wildman–Crippen LogP) is 3.70. The van der Waals surface area contributed by atoms with E-state index in [0.29, 0.717) is 11.6 Å². The van der Waals surface area contributed by atoms with Crippen LogP contribution in [0.25, 0.3) is 0 Å². The lowest BCUT2D eigenvalue weighted by atomic mass is 9.96. The van der Waals surface area contributed by atoms with Gasteiger partial charge in [0.05, 0.1) is 6.20 Å². The van der Waals surface area contributed by atoms with Gasteiger partial charge in [-0.05, 0) is 26.0 Å². The Morgan fingerprint density at radius 1 is 1.19 bits per heavy atom. The number of nitrogens with one attached hydrogen (secondary N) is 1. The Bertz CT molecular complexity index is 603. The van der Waals surface area contributed by atoms with Gasteiger partial charge in [-0.1, -0.05) is 20.8 Å². The monoisotopic (exact) mass is 286 g/mol. The first-order valence-corrected chi connectivity index (χ1v) is 7.12. The number of pyridine rings is 1. The third-order valence-corrected chi connectivity index (χ3v) is 2.84. The normalized spacial score (nSPS) is 11.3. The molecule has 1 N–H and O–H groups in total. The molecule has 0 aliphatic rings. The van der Waals surface area contributed by atoms with E-state index in [-0.39, 0.29) is 5.41 Å². The van der Waals surface area contributed by atoms with E-state index in [9.17, 15) is 0 Å². The second-order valence-corrected chi connectivity index (χ2v) is 5.93. The first-order valence-electron chi connectivity index (χ1n) is 7.12. The molecule has 112 valence electrons. The molecule has 2 aromatic rings. The van der Waals surface area contributed by atoms with Crippen LogP contribution in [0.4, 0.5) is 5.82 Å². The van der Waals surface area contributed by atoms with E-state index >= 15 is 0 Å². The van der Waals surface area contributed by atoms with Gasteiger partial charge in [-0.2, -0.15) is 4.98 Å². The predicted molar refractivity (Wildman–Crippen MR) is 83.9 cm³/mol. The minimum absolute atomic E-state index is 0.144. The van der Waals surface area contributed by atoms with E-state index in [0.717, 1.165) is 23.9 Å². The Kier molecular flexibility index (Phi) is 4.40. The van der Waals surface area contributed by atoms with E-state index < -0.39 is 0 Å². The zero-order valence-corrected chi connectivity index (χ0v) is 13.3. The van der Waals surface area contributed by atoms with Gasteiger partial charge in [-0.3, -0.25) is 4.98 Å². The molecule has 0 aliphatic carbocycles. The Labute approximate surface area is 125 Å². The fourth-order valence-corrected chi connectivity index (χ4v) is 1.72. The highest BCUT2D eigenvalue weighted by atomic mass is 16.5. The van der Waals surface area contributed by atoms with Gasteiger partial charge < -0.3 is 10.1 Å². The van der Waals surface area contributed by atoms with E-state index in [1.807, 2.05) is 26.0 Å². The van der Waals surface area contributed by atoms with Gasteiger partial charge in [0.1, 0.15) is 17.4 Å². The number of aromatic nitrogens is 3. The van der Waals surface area contributed by atoms with Gasteiger partial charge in [-0.15, -0.1) is 0 Å². The fourth-order valence-electron chi connectivity index (χ4n) is 1.72. The van der Waals surface area contributed by atoms with Crippen LogP contribution in [0, 0.1) is 6.92 Å². The van der Waals surface area contributed by atoms with E-state index in [2.05, 4.69) is 41.0 Å². The number of anilines is 1. The highest BCUT2D eigenvalue weighted by molar-refractivity contribution is 5.40. The number of nitrogens with zero attached hydrogens (tertiary/aromatic N) is 3. The first kappa shape index (κ1) is 15.2. The van der Waals surface area contributed by atoms with Crippen LogP contribution in [0.15, 0.2) is 24.4 Å². The molecule has 0 amide bonds. The minimum Gasteiger partial charge on any atom is -0.437 e. The third kappa shape index (κ3) is 4.15. The van der Waals surface area contributed by atoms with Crippen LogP contribution in [-0.2, 0) is 5.41 Å². The van der Waals surface area contributed by atoms with Crippen molar-refractivity contribution < 1.29 is 4.74 Å². The summed E-state index contributed by atoms with van der Waals surface area (Å²) >= 11 is 0. The largest absolute Gasteiger partial charge is 0.437 e. The quantitative estimate of drug-likeness (QED) is 0.928. The summed E-state index contributed by atoms with van der Waals surface area (Å²) in [5.74, 6) is 2.71. The van der Waals surface area contributed by atoms with Gasteiger partial charge >= 0.3 is 0 Å². The second-order valence-electron chi connectivity index (χ2n) is 5.93. The lowest BCUT2D eigenvalue weighted by molar-refractivity contribution is 0.444. The number of hydrogen-bond donors (Lipinski definition) is 1. The SMILES string of the molecule is CCNc1cc(Oc2ccc(C)nc2)nc(C(C)(C)C)n1. The smallest absolute Gasteiger partial charge is 0.224 e. The fraction of sp³-hybridized carbons (Fsp3) is 0.438. The summed E-state index contributed by atoms with van der Waals surface area (Å²) in [7, 11) is 0. The van der Waals surface area contributed by atoms with Crippen molar-refractivity contribution in [1.82, 2.24) is 15.0 Å². The molecule has 0 atom stereocenters. The highest BCUT2D eigenvalue weighted by Crippen LogP contribution is 2.26. The molecule has 5 nitrogen and oxygen atoms in total. The summed E-state index contributed by atoms with van der Waals surface area (Å²) in [6.07, 6.45) is 1.70. The lowest BCUT2D eigenvalue weighted by Gasteiger charge is -2.18. The van der Waals surface area contributed by atoms with Crippen molar-refractivity contribution in [3.8, 4) is 11.6 Å². The van der Waals surface area contributed by atoms with Gasteiger partial charge in [0, 0.05) is 23.7 Å². The van der Waals surface area contributed by atoms with Gasteiger partial charge in [-0.25, -0.2) is 4.98 Å². The molecule has 0 saturated heterocycles. The van der Waals surface area contributed by atoms with Crippen molar-refractivity contribution in [2.24, 2.45) is 0 Å². The molecular formula is C16H22N4O. The average molecular weight is 286 g/mol. The van der Waals surface area contributed by atoms with Crippen LogP contribution < -0.4 is 10.1 Å². The van der Waals surface area contributed by atoms with Crippen LogP contribution in [0.3, 0.4) is 0 Å². The van der Waals surface area contributed by atoms with Crippen molar-refractivity contribution in [3.05, 3.63) is 35.9 Å². The van der Waals surface area contributed by atoms with Crippen LogP contribution in [0.5, 0.6) is 11.6 Å². The molecule has 2 aromatic heterocycles. The Morgan fingerprint density at radius 3 is 2.52 bits per heavy atom. The van der Waals surface area contributed by atoms with Crippen LogP contribution in [-0.4, -0.2) is 21.5 Å². The lowest BCUT2D eigenvalue weighted by Crippen LogP contribution is -2.17. The summed E-state index contributed by atoms with van der Waals surface area (Å²) in [4.78, 5) is 13.3. The standard InChI is InChI=1S/C16H22N4O/c1-6-17-13-9-14(20-15(19-13)16(3,4)5)21-12-8-7-11(2)18-10-12/h7-10H,6H2,1-5H3,(H,17,19,20). The topological polar surface area (TPSA) is 59.9 Å². The van der Waals surface area contributed by atoms with Gasteiger partial charge in [0.25, 0.3) is 0 Å². The zero-order valence-electron chi connectivity index (χ0n) is 13.3. The molecule has 21 heavy (non-hydrogen) atoms. The maximum absolute atomic E-state index is 5.80.